The Morgan fingerprint density at radius 1 is 1.45 bits per heavy atom. The molecule has 102 valence electrons. The second kappa shape index (κ2) is 4.93. The lowest BCUT2D eigenvalue weighted by Crippen LogP contribution is -2.04. The van der Waals surface area contributed by atoms with Gasteiger partial charge in [-0.3, -0.25) is 14.9 Å². The molecule has 0 unspecified atom stereocenters. The standard InChI is InChI=1S/C13H11N3O3S/c17-13-5-8-4-12(16(18)19)11(6-10(8)15-13)14-7-9-2-1-3-20-9/h1-4,6,14H,5,7H2,(H,15,17). The molecule has 1 aliphatic rings. The lowest BCUT2D eigenvalue weighted by atomic mass is 10.1. The van der Waals surface area contributed by atoms with Crippen LogP contribution in [0.3, 0.4) is 0 Å². The number of benzene rings is 1. The zero-order chi connectivity index (χ0) is 14.1. The Labute approximate surface area is 118 Å². The number of anilines is 2. The third-order valence-electron chi connectivity index (χ3n) is 3.08. The van der Waals surface area contributed by atoms with Gasteiger partial charge in [0, 0.05) is 23.2 Å². The van der Waals surface area contributed by atoms with Crippen molar-refractivity contribution in [2.24, 2.45) is 0 Å². The number of rotatable bonds is 4. The average Bonchev–Trinajstić information content (AvgIpc) is 3.02. The number of nitro benzene ring substituents is 1. The van der Waals surface area contributed by atoms with Crippen molar-refractivity contribution in [3.8, 4) is 0 Å². The van der Waals surface area contributed by atoms with Crippen molar-refractivity contribution in [3.05, 3.63) is 50.2 Å². The van der Waals surface area contributed by atoms with Crippen LogP contribution < -0.4 is 10.6 Å². The van der Waals surface area contributed by atoms with E-state index in [1.807, 2.05) is 17.5 Å². The van der Waals surface area contributed by atoms with Gasteiger partial charge < -0.3 is 10.6 Å². The van der Waals surface area contributed by atoms with Crippen molar-refractivity contribution in [2.75, 3.05) is 10.6 Å². The van der Waals surface area contributed by atoms with Crippen molar-refractivity contribution < 1.29 is 9.72 Å². The van der Waals surface area contributed by atoms with Gasteiger partial charge in [0.1, 0.15) is 5.69 Å². The molecule has 1 aliphatic heterocycles. The first-order valence-corrected chi connectivity index (χ1v) is 6.89. The summed E-state index contributed by atoms with van der Waals surface area (Å²) in [5.74, 6) is -0.135. The molecule has 0 saturated carbocycles. The van der Waals surface area contributed by atoms with Crippen molar-refractivity contribution >= 4 is 34.3 Å². The van der Waals surface area contributed by atoms with Gasteiger partial charge in [0.05, 0.1) is 11.3 Å². The summed E-state index contributed by atoms with van der Waals surface area (Å²) in [6, 6.07) is 6.98. The first-order valence-electron chi connectivity index (χ1n) is 6.01. The topological polar surface area (TPSA) is 84.3 Å². The van der Waals surface area contributed by atoms with Crippen LogP contribution in [0.2, 0.25) is 0 Å². The molecular formula is C13H11N3O3S. The quantitative estimate of drug-likeness (QED) is 0.669. The van der Waals surface area contributed by atoms with E-state index in [0.29, 0.717) is 23.5 Å². The molecule has 0 saturated heterocycles. The minimum absolute atomic E-state index is 0.00296. The van der Waals surface area contributed by atoms with Gasteiger partial charge in [-0.05, 0) is 23.1 Å². The summed E-state index contributed by atoms with van der Waals surface area (Å²) in [6.45, 7) is 0.519. The average molecular weight is 289 g/mol. The van der Waals surface area contributed by atoms with Gasteiger partial charge in [0.15, 0.2) is 0 Å². The molecule has 1 amide bonds. The number of fused-ring (bicyclic) bond motifs is 1. The van der Waals surface area contributed by atoms with Crippen LogP contribution in [0.15, 0.2) is 29.6 Å². The first-order chi connectivity index (χ1) is 9.63. The molecule has 0 aliphatic carbocycles. The molecule has 0 atom stereocenters. The Hall–Kier alpha value is -2.41. The van der Waals surface area contributed by atoms with Crippen LogP contribution >= 0.6 is 11.3 Å². The summed E-state index contributed by atoms with van der Waals surface area (Å²) in [7, 11) is 0. The number of nitrogens with one attached hydrogen (secondary N) is 2. The Morgan fingerprint density at radius 2 is 2.30 bits per heavy atom. The number of nitrogens with zero attached hydrogens (tertiary/aromatic N) is 1. The lowest BCUT2D eigenvalue weighted by molar-refractivity contribution is -0.384. The van der Waals surface area contributed by atoms with Crippen LogP contribution in [-0.4, -0.2) is 10.8 Å². The van der Waals surface area contributed by atoms with E-state index in [0.717, 1.165) is 4.88 Å². The van der Waals surface area contributed by atoms with Gasteiger partial charge in [0.2, 0.25) is 5.91 Å². The molecule has 20 heavy (non-hydrogen) atoms. The number of hydrogen-bond donors (Lipinski definition) is 2. The van der Waals surface area contributed by atoms with E-state index in [-0.39, 0.29) is 18.0 Å². The maximum absolute atomic E-state index is 11.3. The molecule has 2 N–H and O–H groups in total. The van der Waals surface area contributed by atoms with Gasteiger partial charge in [-0.15, -0.1) is 11.3 Å². The Balaban J connectivity index is 1.90. The summed E-state index contributed by atoms with van der Waals surface area (Å²) in [5.41, 5.74) is 1.74. The van der Waals surface area contributed by atoms with E-state index >= 15 is 0 Å². The largest absolute Gasteiger partial charge is 0.375 e. The van der Waals surface area contributed by atoms with Gasteiger partial charge in [-0.25, -0.2) is 0 Å². The van der Waals surface area contributed by atoms with Crippen LogP contribution in [0.5, 0.6) is 0 Å². The first kappa shape index (κ1) is 12.6. The predicted octanol–water partition coefficient (Wildman–Crippen LogP) is 2.76. The van der Waals surface area contributed by atoms with Crippen LogP contribution in [0, 0.1) is 10.1 Å². The summed E-state index contributed by atoms with van der Waals surface area (Å²) in [5, 5.41) is 18.8. The van der Waals surface area contributed by atoms with Gasteiger partial charge in [-0.1, -0.05) is 6.07 Å². The lowest BCUT2D eigenvalue weighted by Gasteiger charge is -2.08. The molecule has 2 aromatic rings. The highest BCUT2D eigenvalue weighted by Crippen LogP contribution is 2.34. The van der Waals surface area contributed by atoms with E-state index in [2.05, 4.69) is 10.6 Å². The predicted molar refractivity (Wildman–Crippen MR) is 77.1 cm³/mol. The summed E-state index contributed by atoms with van der Waals surface area (Å²) in [6.07, 6.45) is 0.196. The Morgan fingerprint density at radius 3 is 3.00 bits per heavy atom. The number of hydrogen-bond acceptors (Lipinski definition) is 5. The van der Waals surface area contributed by atoms with Crippen LogP contribution in [0.4, 0.5) is 17.1 Å². The fraction of sp³-hybridized carbons (Fsp3) is 0.154. The zero-order valence-corrected chi connectivity index (χ0v) is 11.2. The van der Waals surface area contributed by atoms with Crippen molar-refractivity contribution in [1.29, 1.82) is 0 Å². The number of carbonyl (C=O) groups is 1. The smallest absolute Gasteiger partial charge is 0.292 e. The van der Waals surface area contributed by atoms with E-state index < -0.39 is 4.92 Å². The monoisotopic (exact) mass is 289 g/mol. The van der Waals surface area contributed by atoms with E-state index in [1.54, 1.807) is 17.4 Å². The summed E-state index contributed by atoms with van der Waals surface area (Å²) >= 11 is 1.58. The second-order valence-corrected chi connectivity index (χ2v) is 5.47. The van der Waals surface area contributed by atoms with Crippen LogP contribution in [0.1, 0.15) is 10.4 Å². The third kappa shape index (κ3) is 2.35. The van der Waals surface area contributed by atoms with E-state index in [1.165, 1.54) is 6.07 Å². The maximum Gasteiger partial charge on any atom is 0.292 e. The highest BCUT2D eigenvalue weighted by atomic mass is 32.1. The van der Waals surface area contributed by atoms with Crippen molar-refractivity contribution in [1.82, 2.24) is 0 Å². The molecule has 1 aromatic heterocycles. The minimum atomic E-state index is -0.431. The normalized spacial score (nSPS) is 12.9. The number of thiophene rings is 1. The molecule has 6 nitrogen and oxygen atoms in total. The van der Waals surface area contributed by atoms with E-state index in [9.17, 15) is 14.9 Å². The summed E-state index contributed by atoms with van der Waals surface area (Å²) in [4.78, 5) is 23.1. The maximum atomic E-state index is 11.3. The van der Waals surface area contributed by atoms with Gasteiger partial charge in [-0.2, -0.15) is 0 Å². The molecular weight excluding hydrogens is 278 g/mol. The highest BCUT2D eigenvalue weighted by Gasteiger charge is 2.24. The van der Waals surface area contributed by atoms with Crippen molar-refractivity contribution in [2.45, 2.75) is 13.0 Å². The molecule has 0 spiro atoms. The summed E-state index contributed by atoms with van der Waals surface area (Å²) < 4.78 is 0. The van der Waals surface area contributed by atoms with Crippen molar-refractivity contribution in [3.63, 3.8) is 0 Å². The molecule has 0 radical (unpaired) electrons. The molecule has 0 fully saturated rings. The Bertz CT molecular complexity index is 682. The number of carbonyl (C=O) groups excluding carboxylic acids is 1. The minimum Gasteiger partial charge on any atom is -0.375 e. The molecule has 2 heterocycles. The molecule has 0 bridgehead atoms. The molecule has 7 heteroatoms. The second-order valence-electron chi connectivity index (χ2n) is 4.44. The molecule has 1 aromatic carbocycles. The highest BCUT2D eigenvalue weighted by molar-refractivity contribution is 7.09. The third-order valence-corrected chi connectivity index (χ3v) is 3.95. The number of nitro groups is 1. The fourth-order valence-electron chi connectivity index (χ4n) is 2.15. The molecule has 3 rings (SSSR count). The van der Waals surface area contributed by atoms with Gasteiger partial charge in [0.25, 0.3) is 5.69 Å². The zero-order valence-electron chi connectivity index (χ0n) is 10.4. The fourth-order valence-corrected chi connectivity index (χ4v) is 2.79. The number of amides is 1. The Kier molecular flexibility index (Phi) is 3.11. The van der Waals surface area contributed by atoms with Gasteiger partial charge >= 0.3 is 0 Å². The van der Waals surface area contributed by atoms with Crippen LogP contribution in [0.25, 0.3) is 0 Å². The van der Waals surface area contributed by atoms with E-state index in [4.69, 9.17) is 0 Å². The SMILES string of the molecule is O=C1Cc2cc([N+](=O)[O-])c(NCc3cccs3)cc2N1. The van der Waals surface area contributed by atoms with Crippen LogP contribution in [-0.2, 0) is 17.8 Å².